The van der Waals surface area contributed by atoms with Crippen molar-refractivity contribution in [2.45, 2.75) is 25.2 Å². The van der Waals surface area contributed by atoms with Gasteiger partial charge in [0.05, 0.1) is 13.0 Å². The van der Waals surface area contributed by atoms with Crippen LogP contribution in [0.25, 0.3) is 0 Å². The van der Waals surface area contributed by atoms with E-state index < -0.39 is 5.97 Å². The number of carboxylic acids is 1. The summed E-state index contributed by atoms with van der Waals surface area (Å²) < 4.78 is 5.12. The molecule has 80 valence electrons. The van der Waals surface area contributed by atoms with Gasteiger partial charge in [-0.3, -0.25) is 4.79 Å². The molecule has 2 rings (SSSR count). The summed E-state index contributed by atoms with van der Waals surface area (Å²) in [5.74, 6) is -0.352. The summed E-state index contributed by atoms with van der Waals surface area (Å²) in [6.07, 6.45) is 2.66. The van der Waals surface area contributed by atoms with E-state index in [4.69, 9.17) is 9.84 Å². The SMILES string of the molecule is COc1ccc2c(c1)[C@@H](C(=O)O)CCC2. The van der Waals surface area contributed by atoms with Gasteiger partial charge < -0.3 is 9.84 Å². The van der Waals surface area contributed by atoms with Crippen molar-refractivity contribution in [1.29, 1.82) is 0 Å². The van der Waals surface area contributed by atoms with Crippen LogP contribution in [0.3, 0.4) is 0 Å². The van der Waals surface area contributed by atoms with E-state index in [0.29, 0.717) is 0 Å². The number of hydrogen-bond acceptors (Lipinski definition) is 2. The van der Waals surface area contributed by atoms with Crippen LogP contribution in [0.1, 0.15) is 29.9 Å². The predicted molar refractivity (Wildman–Crippen MR) is 56.3 cm³/mol. The molecule has 0 bridgehead atoms. The van der Waals surface area contributed by atoms with Crippen molar-refractivity contribution < 1.29 is 14.6 Å². The van der Waals surface area contributed by atoms with Crippen molar-refractivity contribution in [3.63, 3.8) is 0 Å². The Hall–Kier alpha value is -1.51. The largest absolute Gasteiger partial charge is 0.497 e. The molecule has 0 spiro atoms. The van der Waals surface area contributed by atoms with Gasteiger partial charge in [-0.2, -0.15) is 0 Å². The van der Waals surface area contributed by atoms with E-state index in [9.17, 15) is 4.79 Å². The first kappa shape index (κ1) is 10.0. The summed E-state index contributed by atoms with van der Waals surface area (Å²) in [6, 6.07) is 5.72. The number of carbonyl (C=O) groups is 1. The fourth-order valence-electron chi connectivity index (χ4n) is 2.16. The van der Waals surface area contributed by atoms with Gasteiger partial charge in [-0.15, -0.1) is 0 Å². The van der Waals surface area contributed by atoms with Gasteiger partial charge in [-0.25, -0.2) is 0 Å². The van der Waals surface area contributed by atoms with E-state index in [-0.39, 0.29) is 5.92 Å². The van der Waals surface area contributed by atoms with Gasteiger partial charge in [-0.1, -0.05) is 6.07 Å². The zero-order valence-electron chi connectivity index (χ0n) is 8.69. The van der Waals surface area contributed by atoms with Crippen LogP contribution < -0.4 is 4.74 Å². The lowest BCUT2D eigenvalue weighted by Crippen LogP contribution is -2.17. The zero-order valence-corrected chi connectivity index (χ0v) is 8.69. The van der Waals surface area contributed by atoms with Gasteiger partial charge in [0.15, 0.2) is 0 Å². The molecule has 1 aromatic carbocycles. The molecule has 1 aromatic rings. The van der Waals surface area contributed by atoms with Gasteiger partial charge in [0.2, 0.25) is 0 Å². The van der Waals surface area contributed by atoms with E-state index >= 15 is 0 Å². The molecule has 15 heavy (non-hydrogen) atoms. The molecule has 0 amide bonds. The molecule has 1 aliphatic carbocycles. The number of hydrogen-bond donors (Lipinski definition) is 1. The van der Waals surface area contributed by atoms with Crippen molar-refractivity contribution >= 4 is 5.97 Å². The van der Waals surface area contributed by atoms with E-state index in [0.717, 1.165) is 36.1 Å². The van der Waals surface area contributed by atoms with Gasteiger partial charge in [-0.05, 0) is 42.5 Å². The number of rotatable bonds is 2. The van der Waals surface area contributed by atoms with Crippen LogP contribution in [0, 0.1) is 0 Å². The molecule has 1 N–H and O–H groups in total. The van der Waals surface area contributed by atoms with Crippen molar-refractivity contribution in [3.8, 4) is 5.75 Å². The first-order chi connectivity index (χ1) is 7.22. The highest BCUT2D eigenvalue weighted by molar-refractivity contribution is 5.77. The third kappa shape index (κ3) is 1.82. The number of ether oxygens (including phenoxy) is 1. The smallest absolute Gasteiger partial charge is 0.310 e. The zero-order chi connectivity index (χ0) is 10.8. The van der Waals surface area contributed by atoms with E-state index in [1.165, 1.54) is 0 Å². The van der Waals surface area contributed by atoms with Gasteiger partial charge in [0, 0.05) is 0 Å². The summed E-state index contributed by atoms with van der Waals surface area (Å²) in [6.45, 7) is 0. The second-order valence-corrected chi connectivity index (χ2v) is 3.85. The van der Waals surface area contributed by atoms with Crippen LogP contribution in [0.15, 0.2) is 18.2 Å². The Labute approximate surface area is 88.7 Å². The summed E-state index contributed by atoms with van der Waals surface area (Å²) in [7, 11) is 1.60. The Bertz CT molecular complexity index is 384. The highest BCUT2D eigenvalue weighted by Crippen LogP contribution is 2.34. The predicted octanol–water partition coefficient (Wildman–Crippen LogP) is 2.20. The highest BCUT2D eigenvalue weighted by atomic mass is 16.5. The third-order valence-corrected chi connectivity index (χ3v) is 2.97. The topological polar surface area (TPSA) is 46.5 Å². The van der Waals surface area contributed by atoms with Gasteiger partial charge in [0.1, 0.15) is 5.75 Å². The highest BCUT2D eigenvalue weighted by Gasteiger charge is 2.26. The lowest BCUT2D eigenvalue weighted by Gasteiger charge is -2.22. The number of fused-ring (bicyclic) bond motifs is 1. The van der Waals surface area contributed by atoms with Crippen molar-refractivity contribution in [1.82, 2.24) is 0 Å². The maximum atomic E-state index is 11.1. The van der Waals surface area contributed by atoms with Crippen LogP contribution in [0.2, 0.25) is 0 Å². The molecule has 0 radical (unpaired) electrons. The summed E-state index contributed by atoms with van der Waals surface area (Å²) in [5.41, 5.74) is 2.07. The lowest BCUT2D eigenvalue weighted by atomic mass is 9.83. The molecule has 0 saturated heterocycles. The molecule has 0 aliphatic heterocycles. The van der Waals surface area contributed by atoms with Crippen LogP contribution in [-0.2, 0) is 11.2 Å². The molecule has 1 atom stereocenters. The van der Waals surface area contributed by atoms with Gasteiger partial charge >= 0.3 is 5.97 Å². The maximum Gasteiger partial charge on any atom is 0.310 e. The molecule has 3 heteroatoms. The molecule has 0 aromatic heterocycles. The molecular formula is C12H14O3. The molecular weight excluding hydrogens is 192 g/mol. The Morgan fingerprint density at radius 2 is 2.33 bits per heavy atom. The molecule has 1 aliphatic rings. The van der Waals surface area contributed by atoms with Crippen LogP contribution in [0.4, 0.5) is 0 Å². The van der Waals surface area contributed by atoms with Crippen molar-refractivity contribution in [3.05, 3.63) is 29.3 Å². The second-order valence-electron chi connectivity index (χ2n) is 3.85. The van der Waals surface area contributed by atoms with Crippen molar-refractivity contribution in [2.24, 2.45) is 0 Å². The number of methoxy groups -OCH3 is 1. The van der Waals surface area contributed by atoms with Gasteiger partial charge in [0.25, 0.3) is 0 Å². The Morgan fingerprint density at radius 1 is 1.53 bits per heavy atom. The minimum absolute atomic E-state index is 0.358. The van der Waals surface area contributed by atoms with Crippen LogP contribution >= 0.6 is 0 Å². The first-order valence-corrected chi connectivity index (χ1v) is 5.12. The quantitative estimate of drug-likeness (QED) is 0.806. The fraction of sp³-hybridized carbons (Fsp3) is 0.417. The Balaban J connectivity index is 2.43. The molecule has 3 nitrogen and oxygen atoms in total. The fourth-order valence-corrected chi connectivity index (χ4v) is 2.16. The molecule has 0 saturated carbocycles. The average molecular weight is 206 g/mol. The average Bonchev–Trinajstić information content (AvgIpc) is 2.27. The van der Waals surface area contributed by atoms with E-state index in [2.05, 4.69) is 0 Å². The summed E-state index contributed by atoms with van der Waals surface area (Å²) >= 11 is 0. The first-order valence-electron chi connectivity index (χ1n) is 5.12. The monoisotopic (exact) mass is 206 g/mol. The number of aryl methyl sites for hydroxylation is 1. The summed E-state index contributed by atoms with van der Waals surface area (Å²) in [5, 5.41) is 9.11. The van der Waals surface area contributed by atoms with Crippen LogP contribution in [0.5, 0.6) is 5.75 Å². The number of carboxylic acid groups (broad SMARTS) is 1. The third-order valence-electron chi connectivity index (χ3n) is 2.97. The van der Waals surface area contributed by atoms with Crippen molar-refractivity contribution in [2.75, 3.05) is 7.11 Å². The van der Waals surface area contributed by atoms with Crippen LogP contribution in [-0.4, -0.2) is 18.2 Å². The number of benzene rings is 1. The minimum atomic E-state index is -0.732. The molecule has 0 unspecified atom stereocenters. The Kier molecular flexibility index (Phi) is 2.62. The number of aliphatic carboxylic acids is 1. The van der Waals surface area contributed by atoms with E-state index in [1.807, 2.05) is 18.2 Å². The lowest BCUT2D eigenvalue weighted by molar-refractivity contribution is -0.139. The molecule has 0 heterocycles. The molecule has 0 fully saturated rings. The minimum Gasteiger partial charge on any atom is -0.497 e. The second kappa shape index (κ2) is 3.93. The summed E-state index contributed by atoms with van der Waals surface area (Å²) in [4.78, 5) is 11.1. The standard InChI is InChI=1S/C12H14O3/c1-15-9-6-5-8-3-2-4-10(12(13)14)11(8)7-9/h5-7,10H,2-4H2,1H3,(H,13,14)/t10-/m0/s1. The normalized spacial score (nSPS) is 19.4. The van der Waals surface area contributed by atoms with E-state index in [1.54, 1.807) is 7.11 Å². The maximum absolute atomic E-state index is 11.1. The Morgan fingerprint density at radius 3 is 3.00 bits per heavy atom.